The Kier molecular flexibility index (Phi) is 7.66. The lowest BCUT2D eigenvalue weighted by Gasteiger charge is -2.15. The van der Waals surface area contributed by atoms with Crippen LogP contribution in [0.2, 0.25) is 0 Å². The second-order valence-electron chi connectivity index (χ2n) is 6.44. The summed E-state index contributed by atoms with van der Waals surface area (Å²) in [5, 5.41) is 4.75. The van der Waals surface area contributed by atoms with Crippen LogP contribution >= 0.6 is 15.9 Å². The summed E-state index contributed by atoms with van der Waals surface area (Å²) in [5.74, 6) is -0.912. The van der Waals surface area contributed by atoms with Crippen molar-refractivity contribution < 1.29 is 36.9 Å². The maximum Gasteiger partial charge on any atom is 0.471 e. The number of hydrogen-bond acceptors (Lipinski definition) is 8. The molecular weight excluding hydrogens is 525 g/mol. The van der Waals surface area contributed by atoms with Crippen molar-refractivity contribution >= 4 is 39.2 Å². The lowest BCUT2D eigenvalue weighted by atomic mass is 10.2. The summed E-state index contributed by atoms with van der Waals surface area (Å²) in [6.07, 6.45) is -3.67. The van der Waals surface area contributed by atoms with Crippen molar-refractivity contribution in [1.29, 1.82) is 0 Å². The smallest absolute Gasteiger partial charge is 0.471 e. The van der Waals surface area contributed by atoms with Crippen molar-refractivity contribution in [3.63, 3.8) is 0 Å². The number of benzene rings is 2. The summed E-state index contributed by atoms with van der Waals surface area (Å²) in [4.78, 5) is 19.7. The Morgan fingerprint density at radius 3 is 2.24 bits per heavy atom. The van der Waals surface area contributed by atoms with E-state index >= 15 is 0 Å². The molecule has 0 radical (unpaired) electrons. The molecule has 34 heavy (non-hydrogen) atoms. The zero-order valence-corrected chi connectivity index (χ0v) is 19.6. The topological polar surface area (TPSA) is 104 Å². The average Bonchev–Trinajstić information content (AvgIpc) is 2.81. The molecule has 3 aromatic rings. The Labute approximate surface area is 200 Å². The Morgan fingerprint density at radius 2 is 1.65 bits per heavy atom. The maximum atomic E-state index is 12.7. The standard InChI is InChI=1S/C21H18BrF3N4O5/c1-31-15-8-11(9-16(32-2)17(15)33-3)27-20-26-10-12(22)18(29-20)34-14-7-5-4-6-13(14)28-19(30)21(23,24)25/h4-10H,1-3H3,(H,28,30)(H,26,27,29). The quantitative estimate of drug-likeness (QED) is 0.395. The molecule has 180 valence electrons. The van der Waals surface area contributed by atoms with E-state index in [-0.39, 0.29) is 23.3 Å². The number of carbonyl (C=O) groups is 1. The molecule has 2 aromatic carbocycles. The Morgan fingerprint density at radius 1 is 1.00 bits per heavy atom. The number of carbonyl (C=O) groups excluding carboxylic acids is 1. The highest BCUT2D eigenvalue weighted by Crippen LogP contribution is 2.41. The first-order valence-corrected chi connectivity index (χ1v) is 10.2. The van der Waals surface area contributed by atoms with E-state index in [1.807, 2.05) is 0 Å². The number of rotatable bonds is 8. The first kappa shape index (κ1) is 24.9. The monoisotopic (exact) mass is 542 g/mol. The highest BCUT2D eigenvalue weighted by molar-refractivity contribution is 9.10. The van der Waals surface area contributed by atoms with E-state index in [1.54, 1.807) is 17.4 Å². The molecule has 0 fully saturated rings. The molecule has 0 aliphatic carbocycles. The van der Waals surface area contributed by atoms with Gasteiger partial charge in [0.05, 0.1) is 37.7 Å². The van der Waals surface area contributed by atoms with Crippen molar-refractivity contribution in [3.8, 4) is 28.9 Å². The number of nitrogens with one attached hydrogen (secondary N) is 2. The minimum atomic E-state index is -5.06. The fraction of sp³-hybridized carbons (Fsp3) is 0.190. The van der Waals surface area contributed by atoms with Crippen LogP contribution in [0.25, 0.3) is 0 Å². The number of hydrogen-bond donors (Lipinski definition) is 2. The number of anilines is 3. The molecule has 0 spiro atoms. The number of amides is 1. The van der Waals surface area contributed by atoms with Gasteiger partial charge in [0.15, 0.2) is 17.2 Å². The number of alkyl halides is 3. The lowest BCUT2D eigenvalue weighted by molar-refractivity contribution is -0.167. The molecule has 13 heteroatoms. The Hall–Kier alpha value is -3.74. The van der Waals surface area contributed by atoms with Crippen LogP contribution in [-0.2, 0) is 4.79 Å². The number of aromatic nitrogens is 2. The van der Waals surface area contributed by atoms with Gasteiger partial charge >= 0.3 is 12.1 Å². The van der Waals surface area contributed by atoms with Gasteiger partial charge in [-0.15, -0.1) is 0 Å². The highest BCUT2D eigenvalue weighted by Gasteiger charge is 2.39. The minimum absolute atomic E-state index is 0.0151. The molecule has 2 N–H and O–H groups in total. The zero-order valence-electron chi connectivity index (χ0n) is 18.0. The van der Waals surface area contributed by atoms with E-state index in [1.165, 1.54) is 51.8 Å². The third-order valence-electron chi connectivity index (χ3n) is 4.23. The fourth-order valence-electron chi connectivity index (χ4n) is 2.72. The third-order valence-corrected chi connectivity index (χ3v) is 4.78. The number of halogens is 4. The molecule has 0 saturated carbocycles. The summed E-state index contributed by atoms with van der Waals surface area (Å²) in [6, 6.07) is 8.90. The van der Waals surface area contributed by atoms with Crippen LogP contribution < -0.4 is 29.6 Å². The third kappa shape index (κ3) is 5.78. The van der Waals surface area contributed by atoms with E-state index in [4.69, 9.17) is 18.9 Å². The van der Waals surface area contributed by atoms with Gasteiger partial charge in [-0.05, 0) is 28.1 Å². The normalized spacial score (nSPS) is 10.9. The van der Waals surface area contributed by atoms with Crippen molar-refractivity contribution in [2.45, 2.75) is 6.18 Å². The summed E-state index contributed by atoms with van der Waals surface area (Å²) in [7, 11) is 4.42. The van der Waals surface area contributed by atoms with Gasteiger partial charge in [0.2, 0.25) is 17.6 Å². The SMILES string of the molecule is COc1cc(Nc2ncc(Br)c(Oc3ccccc3NC(=O)C(F)(F)F)n2)cc(OC)c1OC. The number of para-hydroxylation sites is 2. The minimum Gasteiger partial charge on any atom is -0.493 e. The molecular formula is C21H18BrF3N4O5. The summed E-state index contributed by atoms with van der Waals surface area (Å²) in [5.41, 5.74) is 0.315. The first-order chi connectivity index (χ1) is 16.2. The maximum absolute atomic E-state index is 12.7. The molecule has 9 nitrogen and oxygen atoms in total. The average molecular weight is 543 g/mol. The largest absolute Gasteiger partial charge is 0.493 e. The van der Waals surface area contributed by atoms with Crippen molar-refractivity contribution in [3.05, 3.63) is 47.1 Å². The molecule has 0 aliphatic rings. The van der Waals surface area contributed by atoms with E-state index in [2.05, 4.69) is 31.2 Å². The van der Waals surface area contributed by atoms with Crippen molar-refractivity contribution in [2.24, 2.45) is 0 Å². The van der Waals surface area contributed by atoms with Gasteiger partial charge in [-0.3, -0.25) is 4.79 Å². The Balaban J connectivity index is 1.88. The van der Waals surface area contributed by atoms with Crippen LogP contribution in [0.3, 0.4) is 0 Å². The molecule has 3 rings (SSSR count). The molecule has 0 saturated heterocycles. The van der Waals surface area contributed by atoms with Gasteiger partial charge in [0, 0.05) is 17.8 Å². The summed E-state index contributed by atoms with van der Waals surface area (Å²) < 4.78 is 59.9. The van der Waals surface area contributed by atoms with Crippen molar-refractivity contribution in [1.82, 2.24) is 9.97 Å². The number of nitrogens with zero attached hydrogens (tertiary/aromatic N) is 2. The molecule has 0 aliphatic heterocycles. The Bertz CT molecular complexity index is 1170. The number of ether oxygens (including phenoxy) is 4. The second-order valence-corrected chi connectivity index (χ2v) is 7.29. The van der Waals surface area contributed by atoms with Gasteiger partial charge < -0.3 is 29.6 Å². The fourth-order valence-corrected chi connectivity index (χ4v) is 2.99. The van der Waals surface area contributed by atoms with E-state index in [0.29, 0.717) is 27.4 Å². The van der Waals surface area contributed by atoms with Crippen molar-refractivity contribution in [2.75, 3.05) is 32.0 Å². The van der Waals surface area contributed by atoms with Crippen LogP contribution in [-0.4, -0.2) is 43.4 Å². The number of methoxy groups -OCH3 is 3. The molecule has 1 heterocycles. The predicted molar refractivity (Wildman–Crippen MR) is 120 cm³/mol. The van der Waals surface area contributed by atoms with Crippen LogP contribution in [0.5, 0.6) is 28.9 Å². The van der Waals surface area contributed by atoms with Gasteiger partial charge in [0.25, 0.3) is 0 Å². The van der Waals surface area contributed by atoms with E-state index in [9.17, 15) is 18.0 Å². The zero-order chi connectivity index (χ0) is 24.9. The van der Waals surface area contributed by atoms with Crippen LogP contribution in [0.15, 0.2) is 47.1 Å². The lowest BCUT2D eigenvalue weighted by Crippen LogP contribution is -2.30. The molecule has 0 bridgehead atoms. The van der Waals surface area contributed by atoms with Crippen LogP contribution in [0, 0.1) is 0 Å². The van der Waals surface area contributed by atoms with Gasteiger partial charge in [-0.1, -0.05) is 12.1 Å². The summed E-state index contributed by atoms with van der Waals surface area (Å²) in [6.45, 7) is 0. The van der Waals surface area contributed by atoms with Gasteiger partial charge in [0.1, 0.15) is 0 Å². The molecule has 1 aromatic heterocycles. The molecule has 0 atom stereocenters. The van der Waals surface area contributed by atoms with E-state index < -0.39 is 12.1 Å². The predicted octanol–water partition coefficient (Wildman–Crippen LogP) is 5.30. The second kappa shape index (κ2) is 10.5. The molecule has 1 amide bonds. The first-order valence-electron chi connectivity index (χ1n) is 9.41. The van der Waals surface area contributed by atoms with Crippen LogP contribution in [0.4, 0.5) is 30.5 Å². The van der Waals surface area contributed by atoms with Gasteiger partial charge in [-0.25, -0.2) is 4.98 Å². The van der Waals surface area contributed by atoms with Gasteiger partial charge in [-0.2, -0.15) is 18.2 Å². The van der Waals surface area contributed by atoms with E-state index in [0.717, 1.165) is 0 Å². The molecule has 0 unspecified atom stereocenters. The summed E-state index contributed by atoms with van der Waals surface area (Å²) >= 11 is 3.24. The van der Waals surface area contributed by atoms with Crippen LogP contribution in [0.1, 0.15) is 0 Å². The highest BCUT2D eigenvalue weighted by atomic mass is 79.9.